The van der Waals surface area contributed by atoms with Crippen LogP contribution in [0.2, 0.25) is 5.02 Å². The molecular formula is C10H12ClNO2S. The van der Waals surface area contributed by atoms with Crippen LogP contribution in [0, 0.1) is 0 Å². The molecule has 0 radical (unpaired) electrons. The van der Waals surface area contributed by atoms with Crippen LogP contribution in [0.5, 0.6) is 5.75 Å². The molecule has 0 heterocycles. The number of phenolic OH excluding ortho intramolecular Hbond substituents is 1. The third-order valence-electron chi connectivity index (χ3n) is 1.64. The summed E-state index contributed by atoms with van der Waals surface area (Å²) in [5.41, 5.74) is -0.597. The number of carbonyl (C=O) groups excluding carboxylic acids is 1. The van der Waals surface area contributed by atoms with E-state index < -0.39 is 5.54 Å². The molecule has 0 aliphatic rings. The number of benzene rings is 1. The third kappa shape index (κ3) is 3.74. The van der Waals surface area contributed by atoms with Crippen molar-refractivity contribution in [2.24, 2.45) is 0 Å². The highest BCUT2D eigenvalue weighted by Gasteiger charge is 2.15. The van der Waals surface area contributed by atoms with E-state index in [1.54, 1.807) is 32.0 Å². The fourth-order valence-electron chi connectivity index (χ4n) is 0.770. The molecule has 0 unspecified atom stereocenters. The Kier molecular flexibility index (Phi) is 4.02. The smallest absolute Gasteiger partial charge is 0.140 e. The van der Waals surface area contributed by atoms with Crippen LogP contribution >= 0.6 is 23.5 Å². The fraction of sp³-hybridized carbons (Fsp3) is 0.300. The first kappa shape index (κ1) is 12.4. The monoisotopic (exact) mass is 245 g/mol. The van der Waals surface area contributed by atoms with Gasteiger partial charge in [-0.15, -0.1) is 0 Å². The Labute approximate surface area is 98.0 Å². The average Bonchev–Trinajstić information content (AvgIpc) is 2.20. The van der Waals surface area contributed by atoms with Crippen LogP contribution in [-0.2, 0) is 4.79 Å². The maximum absolute atomic E-state index is 10.6. The number of aldehydes is 1. The normalized spacial score (nSPS) is 11.4. The van der Waals surface area contributed by atoms with E-state index in [1.807, 2.05) is 0 Å². The minimum Gasteiger partial charge on any atom is -0.506 e. The van der Waals surface area contributed by atoms with E-state index in [2.05, 4.69) is 4.72 Å². The molecule has 15 heavy (non-hydrogen) atoms. The second kappa shape index (κ2) is 4.88. The number of aromatic hydroxyl groups is 1. The Morgan fingerprint density at radius 2 is 2.20 bits per heavy atom. The molecule has 0 saturated carbocycles. The number of hydrogen-bond donors (Lipinski definition) is 2. The Hall–Kier alpha value is -0.710. The molecule has 0 amide bonds. The minimum absolute atomic E-state index is 0.0346. The van der Waals surface area contributed by atoms with Crippen LogP contribution < -0.4 is 4.72 Å². The van der Waals surface area contributed by atoms with Crippen LogP contribution in [0.25, 0.3) is 0 Å². The van der Waals surface area contributed by atoms with E-state index in [0.717, 1.165) is 11.2 Å². The summed E-state index contributed by atoms with van der Waals surface area (Å²) in [4.78, 5) is 11.4. The predicted molar refractivity (Wildman–Crippen MR) is 62.3 cm³/mol. The molecule has 0 atom stereocenters. The van der Waals surface area contributed by atoms with E-state index in [-0.39, 0.29) is 5.75 Å². The molecular weight excluding hydrogens is 234 g/mol. The Bertz CT molecular complexity index is 368. The SMILES string of the molecule is CC(C)(C=O)NSc1ccc(Cl)c(O)c1. The van der Waals surface area contributed by atoms with Gasteiger partial charge in [0.15, 0.2) is 0 Å². The van der Waals surface area contributed by atoms with Crippen LogP contribution in [0.1, 0.15) is 13.8 Å². The van der Waals surface area contributed by atoms with Gasteiger partial charge >= 0.3 is 0 Å². The number of rotatable bonds is 4. The molecule has 1 aromatic rings. The third-order valence-corrected chi connectivity index (χ3v) is 3.08. The first-order valence-corrected chi connectivity index (χ1v) is 5.53. The van der Waals surface area contributed by atoms with Gasteiger partial charge in [0.25, 0.3) is 0 Å². The lowest BCUT2D eigenvalue weighted by Crippen LogP contribution is -2.35. The Morgan fingerprint density at radius 1 is 1.53 bits per heavy atom. The van der Waals surface area contributed by atoms with Gasteiger partial charge in [0.05, 0.1) is 10.6 Å². The van der Waals surface area contributed by atoms with Gasteiger partial charge in [0.2, 0.25) is 0 Å². The molecule has 0 saturated heterocycles. The summed E-state index contributed by atoms with van der Waals surface area (Å²) >= 11 is 6.94. The van der Waals surface area contributed by atoms with E-state index in [4.69, 9.17) is 11.6 Å². The van der Waals surface area contributed by atoms with Crippen molar-refractivity contribution in [2.45, 2.75) is 24.3 Å². The first-order valence-electron chi connectivity index (χ1n) is 4.33. The predicted octanol–water partition coefficient (Wildman–Crippen LogP) is 2.62. The van der Waals surface area contributed by atoms with E-state index in [1.165, 1.54) is 11.9 Å². The molecule has 1 rings (SSSR count). The van der Waals surface area contributed by atoms with Gasteiger partial charge in [-0.05, 0) is 44.0 Å². The molecule has 5 heteroatoms. The van der Waals surface area contributed by atoms with Gasteiger partial charge in [0, 0.05) is 4.90 Å². The number of halogens is 1. The lowest BCUT2D eigenvalue weighted by molar-refractivity contribution is -0.111. The first-order chi connectivity index (χ1) is 6.94. The lowest BCUT2D eigenvalue weighted by atomic mass is 10.1. The summed E-state index contributed by atoms with van der Waals surface area (Å²) < 4.78 is 2.97. The molecule has 0 aliphatic carbocycles. The van der Waals surface area contributed by atoms with Gasteiger partial charge < -0.3 is 9.90 Å². The van der Waals surface area contributed by atoms with Crippen molar-refractivity contribution < 1.29 is 9.90 Å². The Balaban J connectivity index is 2.66. The molecule has 0 aromatic heterocycles. The molecule has 2 N–H and O–H groups in total. The lowest BCUT2D eigenvalue weighted by Gasteiger charge is -2.17. The zero-order valence-electron chi connectivity index (χ0n) is 8.45. The molecule has 3 nitrogen and oxygen atoms in total. The van der Waals surface area contributed by atoms with Gasteiger partial charge in [-0.3, -0.25) is 0 Å². The molecule has 0 bridgehead atoms. The number of phenols is 1. The average molecular weight is 246 g/mol. The van der Waals surface area contributed by atoms with Gasteiger partial charge in [-0.25, -0.2) is 4.72 Å². The summed E-state index contributed by atoms with van der Waals surface area (Å²) in [6.45, 7) is 3.53. The highest BCUT2D eigenvalue weighted by atomic mass is 35.5. The fourth-order valence-corrected chi connectivity index (χ4v) is 1.62. The minimum atomic E-state index is -0.597. The maximum Gasteiger partial charge on any atom is 0.140 e. The van der Waals surface area contributed by atoms with Crippen molar-refractivity contribution in [3.8, 4) is 5.75 Å². The second-order valence-corrected chi connectivity index (χ2v) is 4.94. The topological polar surface area (TPSA) is 49.3 Å². The van der Waals surface area contributed by atoms with Crippen LogP contribution in [0.4, 0.5) is 0 Å². The highest BCUT2D eigenvalue weighted by molar-refractivity contribution is 7.97. The molecule has 0 aliphatic heterocycles. The van der Waals surface area contributed by atoms with Gasteiger partial charge in [-0.2, -0.15) is 0 Å². The van der Waals surface area contributed by atoms with Crippen molar-refractivity contribution in [3.63, 3.8) is 0 Å². The Morgan fingerprint density at radius 3 is 2.73 bits per heavy atom. The maximum atomic E-state index is 10.6. The van der Waals surface area contributed by atoms with E-state index in [0.29, 0.717) is 5.02 Å². The van der Waals surface area contributed by atoms with Crippen LogP contribution in [0.3, 0.4) is 0 Å². The van der Waals surface area contributed by atoms with E-state index in [9.17, 15) is 9.90 Å². The molecule has 0 fully saturated rings. The molecule has 82 valence electrons. The summed E-state index contributed by atoms with van der Waals surface area (Å²) in [5.74, 6) is 0.0346. The zero-order chi connectivity index (χ0) is 11.5. The molecule has 1 aromatic carbocycles. The van der Waals surface area contributed by atoms with Crippen LogP contribution in [0.15, 0.2) is 23.1 Å². The van der Waals surface area contributed by atoms with Crippen molar-refractivity contribution in [3.05, 3.63) is 23.2 Å². The summed E-state index contributed by atoms with van der Waals surface area (Å²) in [7, 11) is 0. The number of nitrogens with one attached hydrogen (secondary N) is 1. The quantitative estimate of drug-likeness (QED) is 0.633. The highest BCUT2D eigenvalue weighted by Crippen LogP contribution is 2.28. The second-order valence-electron chi connectivity index (χ2n) is 3.66. The van der Waals surface area contributed by atoms with Crippen LogP contribution in [-0.4, -0.2) is 16.9 Å². The van der Waals surface area contributed by atoms with Gasteiger partial charge in [-0.1, -0.05) is 11.6 Å². The summed E-state index contributed by atoms with van der Waals surface area (Å²) in [6.07, 6.45) is 0.829. The zero-order valence-corrected chi connectivity index (χ0v) is 10.0. The van der Waals surface area contributed by atoms with Crippen molar-refractivity contribution in [1.82, 2.24) is 4.72 Å². The number of hydrogen-bond acceptors (Lipinski definition) is 4. The van der Waals surface area contributed by atoms with E-state index >= 15 is 0 Å². The van der Waals surface area contributed by atoms with Crippen molar-refractivity contribution in [1.29, 1.82) is 0 Å². The van der Waals surface area contributed by atoms with Crippen molar-refractivity contribution in [2.75, 3.05) is 0 Å². The molecule has 0 spiro atoms. The standard InChI is InChI=1S/C10H12ClNO2S/c1-10(2,6-13)12-15-7-3-4-8(11)9(14)5-7/h3-6,12,14H,1-2H3. The number of carbonyl (C=O) groups is 1. The van der Waals surface area contributed by atoms with Crippen molar-refractivity contribution >= 4 is 29.8 Å². The summed E-state index contributed by atoms with van der Waals surface area (Å²) in [6, 6.07) is 4.91. The summed E-state index contributed by atoms with van der Waals surface area (Å²) in [5, 5.41) is 9.66. The largest absolute Gasteiger partial charge is 0.506 e. The van der Waals surface area contributed by atoms with Gasteiger partial charge in [0.1, 0.15) is 12.0 Å².